The van der Waals surface area contributed by atoms with Crippen molar-refractivity contribution in [2.24, 2.45) is 4.40 Å². The molecule has 8 nitrogen and oxygen atoms in total. The fraction of sp³-hybridized carbons (Fsp3) is 0.227. The van der Waals surface area contributed by atoms with Crippen molar-refractivity contribution in [3.8, 4) is 11.1 Å². The SMILES string of the molecule is CN(C)/C=N/S(=O)(=O)c1cc(NC(=O)Cc2ccccc2Cl)ccc1-c1cnn(CC(F)F)c1. The highest BCUT2D eigenvalue weighted by Gasteiger charge is 2.21. The first-order chi connectivity index (χ1) is 16.0. The fourth-order valence-electron chi connectivity index (χ4n) is 3.03. The van der Waals surface area contributed by atoms with Crippen molar-refractivity contribution >= 4 is 39.6 Å². The predicted molar refractivity (Wildman–Crippen MR) is 127 cm³/mol. The van der Waals surface area contributed by atoms with Gasteiger partial charge in [0.1, 0.15) is 12.9 Å². The van der Waals surface area contributed by atoms with Gasteiger partial charge in [0, 0.05) is 42.1 Å². The Morgan fingerprint density at radius 1 is 1.26 bits per heavy atom. The number of carbonyl (C=O) groups excluding carboxylic acids is 1. The van der Waals surface area contributed by atoms with Gasteiger partial charge in [0.05, 0.1) is 17.5 Å². The highest BCUT2D eigenvalue weighted by molar-refractivity contribution is 7.90. The van der Waals surface area contributed by atoms with Gasteiger partial charge in [-0.05, 0) is 23.8 Å². The molecule has 1 N–H and O–H groups in total. The summed E-state index contributed by atoms with van der Waals surface area (Å²) in [5.74, 6) is -0.397. The molecule has 1 heterocycles. The lowest BCUT2D eigenvalue weighted by Gasteiger charge is -2.12. The first kappa shape index (κ1) is 25.3. The molecule has 0 aliphatic rings. The third-order valence-corrected chi connectivity index (χ3v) is 6.17. The molecule has 0 aliphatic heterocycles. The number of hydrogen-bond acceptors (Lipinski definition) is 4. The summed E-state index contributed by atoms with van der Waals surface area (Å²) in [4.78, 5) is 13.8. The molecule has 0 fully saturated rings. The van der Waals surface area contributed by atoms with E-state index in [0.717, 1.165) is 11.0 Å². The Kier molecular flexibility index (Phi) is 8.00. The van der Waals surface area contributed by atoms with Crippen molar-refractivity contribution in [2.75, 3.05) is 19.4 Å². The summed E-state index contributed by atoms with van der Waals surface area (Å²) >= 11 is 6.10. The maximum absolute atomic E-state index is 13.0. The number of hydrogen-bond donors (Lipinski definition) is 1. The molecule has 3 rings (SSSR count). The Balaban J connectivity index is 1.96. The summed E-state index contributed by atoms with van der Waals surface area (Å²) in [6.45, 7) is -0.628. The third-order valence-electron chi connectivity index (χ3n) is 4.54. The van der Waals surface area contributed by atoms with E-state index in [9.17, 15) is 22.0 Å². The quantitative estimate of drug-likeness (QED) is 0.348. The van der Waals surface area contributed by atoms with Crippen LogP contribution in [0.1, 0.15) is 5.56 Å². The van der Waals surface area contributed by atoms with Gasteiger partial charge in [0.15, 0.2) is 0 Å². The molecule has 34 heavy (non-hydrogen) atoms. The van der Waals surface area contributed by atoms with Crippen LogP contribution in [0.2, 0.25) is 5.02 Å². The number of amides is 1. The van der Waals surface area contributed by atoms with Crippen molar-refractivity contribution in [1.82, 2.24) is 14.7 Å². The van der Waals surface area contributed by atoms with Crippen LogP contribution in [0, 0.1) is 0 Å². The molecule has 0 unspecified atom stereocenters. The summed E-state index contributed by atoms with van der Waals surface area (Å²) in [5.41, 5.74) is 1.36. The van der Waals surface area contributed by atoms with E-state index in [1.165, 1.54) is 35.5 Å². The van der Waals surface area contributed by atoms with Crippen LogP contribution in [0.5, 0.6) is 0 Å². The van der Waals surface area contributed by atoms with Crippen LogP contribution in [-0.2, 0) is 27.8 Å². The van der Waals surface area contributed by atoms with E-state index < -0.39 is 28.9 Å². The van der Waals surface area contributed by atoms with E-state index >= 15 is 0 Å². The van der Waals surface area contributed by atoms with E-state index in [0.29, 0.717) is 16.1 Å². The second-order valence-electron chi connectivity index (χ2n) is 7.53. The second kappa shape index (κ2) is 10.7. The van der Waals surface area contributed by atoms with Gasteiger partial charge in [0.25, 0.3) is 16.4 Å². The lowest BCUT2D eigenvalue weighted by Crippen LogP contribution is -2.15. The number of benzene rings is 2. The summed E-state index contributed by atoms with van der Waals surface area (Å²) in [6.07, 6.45) is 1.12. The van der Waals surface area contributed by atoms with Crippen molar-refractivity contribution < 1.29 is 22.0 Å². The van der Waals surface area contributed by atoms with Gasteiger partial charge < -0.3 is 10.2 Å². The van der Waals surface area contributed by atoms with Crippen LogP contribution in [0.15, 0.2) is 64.2 Å². The minimum atomic E-state index is -4.20. The molecule has 0 saturated heterocycles. The molecule has 0 aliphatic carbocycles. The molecule has 0 radical (unpaired) electrons. The van der Waals surface area contributed by atoms with Gasteiger partial charge in [0.2, 0.25) is 5.91 Å². The molecule has 1 aromatic heterocycles. The largest absolute Gasteiger partial charge is 0.368 e. The minimum Gasteiger partial charge on any atom is -0.368 e. The van der Waals surface area contributed by atoms with Gasteiger partial charge >= 0.3 is 0 Å². The molecule has 0 saturated carbocycles. The number of anilines is 1. The molecule has 12 heteroatoms. The van der Waals surface area contributed by atoms with E-state index in [2.05, 4.69) is 14.8 Å². The average molecular weight is 510 g/mol. The third kappa shape index (κ3) is 6.61. The number of aromatic nitrogens is 2. The maximum atomic E-state index is 13.0. The van der Waals surface area contributed by atoms with Gasteiger partial charge in [-0.2, -0.15) is 13.5 Å². The van der Waals surface area contributed by atoms with Gasteiger partial charge in [-0.25, -0.2) is 8.78 Å². The van der Waals surface area contributed by atoms with Crippen molar-refractivity contribution in [3.63, 3.8) is 0 Å². The molecule has 3 aromatic rings. The first-order valence-corrected chi connectivity index (χ1v) is 11.8. The maximum Gasteiger partial charge on any atom is 0.284 e. The van der Waals surface area contributed by atoms with Crippen LogP contribution in [0.4, 0.5) is 14.5 Å². The van der Waals surface area contributed by atoms with E-state index in [1.54, 1.807) is 38.4 Å². The molecule has 0 bridgehead atoms. The van der Waals surface area contributed by atoms with E-state index in [-0.39, 0.29) is 22.6 Å². The Morgan fingerprint density at radius 3 is 2.68 bits per heavy atom. The van der Waals surface area contributed by atoms with Crippen molar-refractivity contribution in [3.05, 3.63) is 65.4 Å². The molecule has 180 valence electrons. The number of nitrogens with zero attached hydrogens (tertiary/aromatic N) is 4. The summed E-state index contributed by atoms with van der Waals surface area (Å²) in [7, 11) is -0.980. The van der Waals surface area contributed by atoms with E-state index in [1.807, 2.05) is 0 Å². The first-order valence-electron chi connectivity index (χ1n) is 10.0. The summed E-state index contributed by atoms with van der Waals surface area (Å²) in [5, 5.41) is 6.97. The topological polar surface area (TPSA) is 96.7 Å². The molecule has 0 atom stereocenters. The minimum absolute atomic E-state index is 0.0112. The lowest BCUT2D eigenvalue weighted by molar-refractivity contribution is -0.115. The van der Waals surface area contributed by atoms with Gasteiger partial charge in [-0.15, -0.1) is 4.40 Å². The smallest absolute Gasteiger partial charge is 0.284 e. The van der Waals surface area contributed by atoms with Gasteiger partial charge in [-0.1, -0.05) is 35.9 Å². The van der Waals surface area contributed by atoms with Crippen LogP contribution in [0.3, 0.4) is 0 Å². The van der Waals surface area contributed by atoms with Crippen LogP contribution >= 0.6 is 11.6 Å². The zero-order valence-electron chi connectivity index (χ0n) is 18.3. The predicted octanol–water partition coefficient (Wildman–Crippen LogP) is 3.93. The number of nitrogens with one attached hydrogen (secondary N) is 1. The standard InChI is InChI=1S/C22H22ClF2N5O3S/c1-29(2)14-27-34(32,33)20-10-17(28-22(31)9-15-5-3-4-6-19(15)23)7-8-18(20)16-11-26-30(12-16)13-21(24)25/h3-8,10-12,14,21H,9,13H2,1-2H3,(H,28,31)/b27-14+. The van der Waals surface area contributed by atoms with Crippen molar-refractivity contribution in [1.29, 1.82) is 0 Å². The Bertz CT molecular complexity index is 1310. The number of carbonyl (C=O) groups is 1. The highest BCUT2D eigenvalue weighted by Crippen LogP contribution is 2.31. The Morgan fingerprint density at radius 2 is 2.00 bits per heavy atom. The fourth-order valence-corrected chi connectivity index (χ4v) is 4.40. The summed E-state index contributed by atoms with van der Waals surface area (Å²) in [6, 6.07) is 11.1. The number of alkyl halides is 2. The number of rotatable bonds is 9. The normalized spacial score (nSPS) is 11.8. The number of halogens is 3. The highest BCUT2D eigenvalue weighted by atomic mass is 35.5. The molecule has 2 aromatic carbocycles. The molecular weight excluding hydrogens is 488 g/mol. The van der Waals surface area contributed by atoms with Gasteiger partial charge in [-0.3, -0.25) is 9.48 Å². The van der Waals surface area contributed by atoms with Crippen LogP contribution in [-0.4, -0.2) is 55.9 Å². The summed E-state index contributed by atoms with van der Waals surface area (Å²) < 4.78 is 56.1. The Labute approximate surface area is 200 Å². The number of sulfonamides is 1. The second-order valence-corrected chi connectivity index (χ2v) is 9.54. The molecule has 0 spiro atoms. The zero-order valence-corrected chi connectivity index (χ0v) is 19.9. The zero-order chi connectivity index (χ0) is 24.9. The monoisotopic (exact) mass is 509 g/mol. The van der Waals surface area contributed by atoms with E-state index in [4.69, 9.17) is 11.6 Å². The Hall–Kier alpha value is -3.31. The molecule has 1 amide bonds. The molecular formula is C22H22ClF2N5O3S. The van der Waals surface area contributed by atoms with Crippen LogP contribution < -0.4 is 5.32 Å². The van der Waals surface area contributed by atoms with Crippen molar-refractivity contribution in [2.45, 2.75) is 24.3 Å². The average Bonchev–Trinajstić information content (AvgIpc) is 3.21. The lowest BCUT2D eigenvalue weighted by atomic mass is 10.1. The van der Waals surface area contributed by atoms with Crippen LogP contribution in [0.25, 0.3) is 11.1 Å².